The fourth-order valence-electron chi connectivity index (χ4n) is 2.44. The van der Waals surface area contributed by atoms with Crippen molar-refractivity contribution in [2.24, 2.45) is 5.73 Å². The molecule has 0 aromatic heterocycles. The maximum atomic E-state index is 6.06. The minimum Gasteiger partial charge on any atom is -0.399 e. The molecule has 110 valence electrons. The maximum absolute atomic E-state index is 6.06. The minimum atomic E-state index is -0.292. The Bertz CT molecular complexity index is 436. The predicted octanol–water partition coefficient (Wildman–Crippen LogP) is 2.44. The van der Waals surface area contributed by atoms with E-state index in [1.165, 1.54) is 5.56 Å². The molecule has 1 aliphatic heterocycles. The van der Waals surface area contributed by atoms with Gasteiger partial charge in [0, 0.05) is 0 Å². The SMILES string of the molecule is CCC(CN)c1ccc(B2OC(C)(C)C(C)(C)O2)cc1. The van der Waals surface area contributed by atoms with E-state index in [1.807, 2.05) is 0 Å². The van der Waals surface area contributed by atoms with Crippen LogP contribution in [0.25, 0.3) is 0 Å². The first-order valence-electron chi connectivity index (χ1n) is 7.46. The van der Waals surface area contributed by atoms with Crippen molar-refractivity contribution in [1.82, 2.24) is 0 Å². The van der Waals surface area contributed by atoms with Gasteiger partial charge in [0.1, 0.15) is 0 Å². The van der Waals surface area contributed by atoms with Gasteiger partial charge in [-0.05, 0) is 57.6 Å². The first kappa shape index (κ1) is 15.6. The summed E-state index contributed by atoms with van der Waals surface area (Å²) in [6, 6.07) is 8.47. The van der Waals surface area contributed by atoms with Crippen molar-refractivity contribution in [2.45, 2.75) is 58.2 Å². The Hall–Kier alpha value is -0.835. The molecule has 2 N–H and O–H groups in total. The van der Waals surface area contributed by atoms with Crippen molar-refractivity contribution in [3.8, 4) is 0 Å². The molecule has 4 heteroatoms. The normalized spacial score (nSPS) is 22.0. The fourth-order valence-corrected chi connectivity index (χ4v) is 2.44. The van der Waals surface area contributed by atoms with Crippen LogP contribution in [0.1, 0.15) is 52.5 Å². The number of nitrogens with two attached hydrogens (primary N) is 1. The van der Waals surface area contributed by atoms with Crippen molar-refractivity contribution in [1.29, 1.82) is 0 Å². The molecule has 1 unspecified atom stereocenters. The van der Waals surface area contributed by atoms with Crippen LogP contribution in [0.15, 0.2) is 24.3 Å². The molecule has 3 nitrogen and oxygen atoms in total. The average molecular weight is 275 g/mol. The van der Waals surface area contributed by atoms with Gasteiger partial charge in [-0.15, -0.1) is 0 Å². The molecule has 2 rings (SSSR count). The summed E-state index contributed by atoms with van der Waals surface area (Å²) in [7, 11) is -0.285. The molecule has 0 aliphatic carbocycles. The molecular formula is C16H26BNO2. The third-order valence-electron chi connectivity index (χ3n) is 4.71. The number of hydrogen-bond donors (Lipinski definition) is 1. The van der Waals surface area contributed by atoms with Crippen molar-refractivity contribution in [3.05, 3.63) is 29.8 Å². The van der Waals surface area contributed by atoms with Crippen LogP contribution >= 0.6 is 0 Å². The van der Waals surface area contributed by atoms with Gasteiger partial charge in [0.15, 0.2) is 0 Å². The van der Waals surface area contributed by atoms with E-state index in [1.54, 1.807) is 0 Å². The summed E-state index contributed by atoms with van der Waals surface area (Å²) in [5.74, 6) is 0.433. The summed E-state index contributed by atoms with van der Waals surface area (Å²) in [4.78, 5) is 0. The van der Waals surface area contributed by atoms with E-state index in [0.717, 1.165) is 11.9 Å². The number of hydrogen-bond acceptors (Lipinski definition) is 3. The number of rotatable bonds is 4. The highest BCUT2D eigenvalue weighted by atomic mass is 16.7. The largest absolute Gasteiger partial charge is 0.494 e. The van der Waals surface area contributed by atoms with Crippen LogP contribution in [0.2, 0.25) is 0 Å². The van der Waals surface area contributed by atoms with Gasteiger partial charge in [0.05, 0.1) is 11.2 Å². The Labute approximate surface area is 123 Å². The van der Waals surface area contributed by atoms with Crippen LogP contribution in [0.3, 0.4) is 0 Å². The van der Waals surface area contributed by atoms with Gasteiger partial charge in [-0.3, -0.25) is 0 Å². The molecule has 1 aliphatic rings. The summed E-state index contributed by atoms with van der Waals surface area (Å²) in [5, 5.41) is 0. The summed E-state index contributed by atoms with van der Waals surface area (Å²) in [6.07, 6.45) is 1.06. The molecule has 1 fully saturated rings. The quantitative estimate of drug-likeness (QED) is 0.858. The van der Waals surface area contributed by atoms with E-state index in [0.29, 0.717) is 12.5 Å². The fraction of sp³-hybridized carbons (Fsp3) is 0.625. The van der Waals surface area contributed by atoms with Crippen molar-refractivity contribution in [3.63, 3.8) is 0 Å². The molecule has 1 aromatic carbocycles. The van der Waals surface area contributed by atoms with Gasteiger partial charge in [-0.2, -0.15) is 0 Å². The molecule has 0 bridgehead atoms. The van der Waals surface area contributed by atoms with Crippen LogP contribution in [0.4, 0.5) is 0 Å². The Kier molecular flexibility index (Phi) is 4.28. The summed E-state index contributed by atoms with van der Waals surface area (Å²) in [6.45, 7) is 11.1. The standard InChI is InChI=1S/C16H26BNO2/c1-6-12(11-18)13-7-9-14(10-8-13)17-19-15(2,3)16(4,5)20-17/h7-10,12H,6,11,18H2,1-5H3. The van der Waals surface area contributed by atoms with Crippen molar-refractivity contribution >= 4 is 12.6 Å². The highest BCUT2D eigenvalue weighted by molar-refractivity contribution is 6.62. The van der Waals surface area contributed by atoms with E-state index in [2.05, 4.69) is 58.9 Å². The van der Waals surface area contributed by atoms with Crippen LogP contribution in [0, 0.1) is 0 Å². The molecule has 1 aromatic rings. The van der Waals surface area contributed by atoms with Crippen LogP contribution in [-0.4, -0.2) is 24.9 Å². The van der Waals surface area contributed by atoms with Crippen LogP contribution in [0.5, 0.6) is 0 Å². The highest BCUT2D eigenvalue weighted by Crippen LogP contribution is 2.36. The van der Waals surface area contributed by atoms with E-state index in [9.17, 15) is 0 Å². The summed E-state index contributed by atoms with van der Waals surface area (Å²) < 4.78 is 12.1. The Morgan fingerprint density at radius 1 is 1.05 bits per heavy atom. The van der Waals surface area contributed by atoms with E-state index in [4.69, 9.17) is 15.0 Å². The molecule has 0 radical (unpaired) electrons. The van der Waals surface area contributed by atoms with E-state index in [-0.39, 0.29) is 18.3 Å². The lowest BCUT2D eigenvalue weighted by Gasteiger charge is -2.32. The van der Waals surface area contributed by atoms with Gasteiger partial charge in [0.25, 0.3) is 0 Å². The molecular weight excluding hydrogens is 249 g/mol. The maximum Gasteiger partial charge on any atom is 0.494 e. The molecule has 20 heavy (non-hydrogen) atoms. The second kappa shape index (κ2) is 5.51. The topological polar surface area (TPSA) is 44.5 Å². The van der Waals surface area contributed by atoms with E-state index >= 15 is 0 Å². The molecule has 0 saturated carbocycles. The highest BCUT2D eigenvalue weighted by Gasteiger charge is 2.51. The predicted molar refractivity (Wildman–Crippen MR) is 84.2 cm³/mol. The Morgan fingerprint density at radius 2 is 1.55 bits per heavy atom. The summed E-state index contributed by atoms with van der Waals surface area (Å²) >= 11 is 0. The lowest BCUT2D eigenvalue weighted by Crippen LogP contribution is -2.41. The van der Waals surface area contributed by atoms with Crippen molar-refractivity contribution in [2.75, 3.05) is 6.54 Å². The zero-order valence-corrected chi connectivity index (χ0v) is 13.3. The second-order valence-electron chi connectivity index (χ2n) is 6.60. The van der Waals surface area contributed by atoms with E-state index < -0.39 is 0 Å². The molecule has 1 atom stereocenters. The van der Waals surface area contributed by atoms with Crippen LogP contribution in [-0.2, 0) is 9.31 Å². The molecule has 1 saturated heterocycles. The van der Waals surface area contributed by atoms with Gasteiger partial charge < -0.3 is 15.0 Å². The lowest BCUT2D eigenvalue weighted by atomic mass is 9.78. The zero-order valence-electron chi connectivity index (χ0n) is 13.3. The Balaban J connectivity index is 2.16. The van der Waals surface area contributed by atoms with Gasteiger partial charge in [-0.25, -0.2) is 0 Å². The average Bonchev–Trinajstić information content (AvgIpc) is 2.61. The first-order chi connectivity index (χ1) is 9.30. The lowest BCUT2D eigenvalue weighted by molar-refractivity contribution is 0.00578. The van der Waals surface area contributed by atoms with Crippen LogP contribution < -0.4 is 11.2 Å². The second-order valence-corrected chi connectivity index (χ2v) is 6.60. The minimum absolute atomic E-state index is 0.285. The molecule has 1 heterocycles. The summed E-state index contributed by atoms with van der Waals surface area (Å²) in [5.41, 5.74) is 7.57. The number of benzene rings is 1. The first-order valence-corrected chi connectivity index (χ1v) is 7.46. The molecule has 0 amide bonds. The van der Waals surface area contributed by atoms with Gasteiger partial charge in [0.2, 0.25) is 0 Å². The third-order valence-corrected chi connectivity index (χ3v) is 4.71. The third kappa shape index (κ3) is 2.78. The Morgan fingerprint density at radius 3 is 1.95 bits per heavy atom. The van der Waals surface area contributed by atoms with Gasteiger partial charge >= 0.3 is 7.12 Å². The molecule has 0 spiro atoms. The zero-order chi connectivity index (χ0) is 15.0. The van der Waals surface area contributed by atoms with Gasteiger partial charge in [-0.1, -0.05) is 31.2 Å². The monoisotopic (exact) mass is 275 g/mol. The smallest absolute Gasteiger partial charge is 0.399 e. The van der Waals surface area contributed by atoms with Crippen molar-refractivity contribution < 1.29 is 9.31 Å².